The van der Waals surface area contributed by atoms with Gasteiger partial charge in [-0.2, -0.15) is 0 Å². The van der Waals surface area contributed by atoms with E-state index >= 15 is 0 Å². The number of aliphatic hydroxyl groups is 1. The molecule has 0 heterocycles. The number of carbonyl (C=O) groups is 5. The van der Waals surface area contributed by atoms with E-state index in [1.807, 2.05) is 6.07 Å². The van der Waals surface area contributed by atoms with E-state index in [0.717, 1.165) is 11.1 Å². The van der Waals surface area contributed by atoms with E-state index in [-0.39, 0.29) is 30.7 Å². The van der Waals surface area contributed by atoms with Crippen LogP contribution in [0.4, 0.5) is 0 Å². The third-order valence-electron chi connectivity index (χ3n) is 8.76. The van der Waals surface area contributed by atoms with Crippen LogP contribution in [0.15, 0.2) is 30.3 Å². The van der Waals surface area contributed by atoms with Gasteiger partial charge in [0.15, 0.2) is 34.7 Å². The fraction of sp³-hybridized carbons (Fsp3) is 0.414. The zero-order valence-corrected chi connectivity index (χ0v) is 22.3. The lowest BCUT2D eigenvalue weighted by molar-refractivity contribution is -0.181. The van der Waals surface area contributed by atoms with Crippen LogP contribution in [0.25, 0.3) is 11.1 Å². The van der Waals surface area contributed by atoms with E-state index in [1.54, 1.807) is 32.3 Å². The highest BCUT2D eigenvalue weighted by Crippen LogP contribution is 2.51. The van der Waals surface area contributed by atoms with Gasteiger partial charge in [-0.25, -0.2) is 0 Å². The predicted molar refractivity (Wildman–Crippen MR) is 141 cm³/mol. The zero-order chi connectivity index (χ0) is 29.3. The number of nitrogens with zero attached hydrogens (tertiary/aromatic N) is 1. The molecule has 2 fully saturated rings. The Morgan fingerprint density at radius 2 is 1.82 bits per heavy atom. The van der Waals surface area contributed by atoms with Gasteiger partial charge in [-0.05, 0) is 67.7 Å². The number of primary amides is 1. The third-order valence-corrected chi connectivity index (χ3v) is 8.76. The third kappa shape index (κ3) is 3.72. The van der Waals surface area contributed by atoms with Crippen molar-refractivity contribution in [2.75, 3.05) is 21.2 Å². The van der Waals surface area contributed by atoms with Crippen molar-refractivity contribution in [3.63, 3.8) is 0 Å². The molecule has 40 heavy (non-hydrogen) atoms. The van der Waals surface area contributed by atoms with Gasteiger partial charge >= 0.3 is 0 Å². The molecule has 0 bridgehead atoms. The summed E-state index contributed by atoms with van der Waals surface area (Å²) in [6.45, 7) is 0.204. The summed E-state index contributed by atoms with van der Waals surface area (Å²) in [6, 6.07) is 7.27. The molecule has 2 unspecified atom stereocenters. The number of amides is 1. The number of carbonyl (C=O) groups excluding carboxylic acids is 5. The van der Waals surface area contributed by atoms with Crippen LogP contribution in [0.3, 0.4) is 0 Å². The maximum absolute atomic E-state index is 13.9. The van der Waals surface area contributed by atoms with Gasteiger partial charge in [-0.3, -0.25) is 28.9 Å². The maximum Gasteiger partial charge on any atom is 0.235 e. The van der Waals surface area contributed by atoms with Crippen molar-refractivity contribution in [1.82, 2.24) is 4.90 Å². The summed E-state index contributed by atoms with van der Waals surface area (Å²) in [5.74, 6) is -10.2. The van der Waals surface area contributed by atoms with Gasteiger partial charge in [0, 0.05) is 18.0 Å². The lowest BCUT2D eigenvalue weighted by Crippen LogP contribution is -2.74. The van der Waals surface area contributed by atoms with E-state index in [4.69, 9.17) is 16.2 Å². The van der Waals surface area contributed by atoms with Crippen molar-refractivity contribution in [1.29, 1.82) is 0 Å². The molecule has 210 valence electrons. The van der Waals surface area contributed by atoms with Crippen molar-refractivity contribution in [3.05, 3.63) is 47.0 Å². The molecular weight excluding hydrogens is 518 g/mol. The minimum atomic E-state index is -2.75. The Kier molecular flexibility index (Phi) is 6.64. The van der Waals surface area contributed by atoms with E-state index in [0.29, 0.717) is 16.9 Å². The van der Waals surface area contributed by atoms with Gasteiger partial charge < -0.3 is 26.4 Å². The Labute approximate surface area is 230 Å². The molecule has 2 aromatic rings. The van der Waals surface area contributed by atoms with Crippen LogP contribution in [0.5, 0.6) is 11.5 Å². The molecular formula is C29H31N3O8. The fourth-order valence-electron chi connectivity index (χ4n) is 6.98. The number of aromatic hydroxyl groups is 1. The van der Waals surface area contributed by atoms with Crippen molar-refractivity contribution < 1.29 is 38.9 Å². The molecule has 11 nitrogen and oxygen atoms in total. The topological polar surface area (TPSA) is 190 Å². The average Bonchev–Trinajstić information content (AvgIpc) is 2.90. The van der Waals surface area contributed by atoms with Crippen LogP contribution in [-0.2, 0) is 32.1 Å². The molecule has 2 aromatic carbocycles. The van der Waals surface area contributed by atoms with Crippen LogP contribution in [-0.4, -0.2) is 77.0 Å². The Balaban J connectivity index is 1.65. The lowest BCUT2D eigenvalue weighted by Gasteiger charge is -2.52. The van der Waals surface area contributed by atoms with Gasteiger partial charge in [-0.1, -0.05) is 12.1 Å². The predicted octanol–water partition coefficient (Wildman–Crippen LogP) is 0.00130. The molecule has 0 aromatic heterocycles. The number of hydrogen-bond donors (Lipinski definition) is 4. The summed E-state index contributed by atoms with van der Waals surface area (Å²) >= 11 is 0. The second-order valence-corrected chi connectivity index (χ2v) is 11.0. The minimum Gasteiger partial charge on any atom is -0.507 e. The quantitative estimate of drug-likeness (QED) is 0.369. The van der Waals surface area contributed by atoms with E-state index in [9.17, 15) is 34.2 Å². The SMILES string of the molecule is COc1ccc(-c2ccc(O)c3c2C[C@@H]2C[C@@H]4[C@@H](N(C)C)C(=O)C(C(N)=O)C(=O)[C@@]4(O)C(=O)C2C3=O)cc1CN. The Morgan fingerprint density at radius 1 is 1.12 bits per heavy atom. The highest BCUT2D eigenvalue weighted by molar-refractivity contribution is 6.32. The van der Waals surface area contributed by atoms with Crippen molar-refractivity contribution >= 4 is 29.0 Å². The number of nitrogens with two attached hydrogens (primary N) is 2. The van der Waals surface area contributed by atoms with Gasteiger partial charge in [-0.15, -0.1) is 0 Å². The van der Waals surface area contributed by atoms with Gasteiger partial charge in [0.05, 0.1) is 24.6 Å². The van der Waals surface area contributed by atoms with Gasteiger partial charge in [0.1, 0.15) is 11.5 Å². The number of likely N-dealkylation sites (N-methyl/N-ethyl adjacent to an activating group) is 1. The summed E-state index contributed by atoms with van der Waals surface area (Å²) in [7, 11) is 4.62. The number of phenolic OH excluding ortho intramolecular Hbond substituents is 1. The second kappa shape index (κ2) is 9.61. The monoisotopic (exact) mass is 549 g/mol. The summed E-state index contributed by atoms with van der Waals surface area (Å²) in [6.07, 6.45) is 0.148. The molecule has 0 saturated heterocycles. The van der Waals surface area contributed by atoms with E-state index in [2.05, 4.69) is 0 Å². The number of ketones is 4. The first-order chi connectivity index (χ1) is 18.9. The molecule has 6 N–H and O–H groups in total. The molecule has 3 aliphatic rings. The lowest BCUT2D eigenvalue weighted by atomic mass is 9.52. The Morgan fingerprint density at radius 3 is 2.42 bits per heavy atom. The largest absolute Gasteiger partial charge is 0.507 e. The van der Waals surface area contributed by atoms with E-state index in [1.165, 1.54) is 18.1 Å². The smallest absolute Gasteiger partial charge is 0.235 e. The van der Waals surface area contributed by atoms with E-state index < -0.39 is 64.4 Å². The van der Waals surface area contributed by atoms with Crippen LogP contribution < -0.4 is 16.2 Å². The number of hydrogen-bond acceptors (Lipinski definition) is 10. The molecule has 0 aliphatic heterocycles. The normalized spacial score (nSPS) is 29.6. The van der Waals surface area contributed by atoms with Crippen molar-refractivity contribution in [3.8, 4) is 22.6 Å². The highest BCUT2D eigenvalue weighted by Gasteiger charge is 2.69. The van der Waals surface area contributed by atoms with Gasteiger partial charge in [0.25, 0.3) is 0 Å². The summed E-state index contributed by atoms with van der Waals surface area (Å²) in [4.78, 5) is 68.0. The molecule has 0 spiro atoms. The summed E-state index contributed by atoms with van der Waals surface area (Å²) in [5, 5.41) is 22.4. The first-order valence-corrected chi connectivity index (χ1v) is 12.9. The molecule has 0 radical (unpaired) electrons. The zero-order valence-electron chi connectivity index (χ0n) is 22.3. The Hall–Kier alpha value is -3.93. The number of phenols is 1. The number of benzene rings is 2. The number of Topliss-reactive ketones (excluding diaryl/α,β-unsaturated/α-hetero) is 4. The average molecular weight is 550 g/mol. The molecule has 3 aliphatic carbocycles. The molecule has 11 heteroatoms. The van der Waals surface area contributed by atoms with Crippen LogP contribution in [0.1, 0.15) is 27.9 Å². The summed E-state index contributed by atoms with van der Waals surface area (Å²) in [5.41, 5.74) is 11.1. The highest BCUT2D eigenvalue weighted by atomic mass is 16.5. The van der Waals surface area contributed by atoms with Crippen molar-refractivity contribution in [2.45, 2.75) is 31.0 Å². The maximum atomic E-state index is 13.9. The summed E-state index contributed by atoms with van der Waals surface area (Å²) < 4.78 is 5.36. The molecule has 6 atom stereocenters. The molecule has 1 amide bonds. The first-order valence-electron chi connectivity index (χ1n) is 12.9. The van der Waals surface area contributed by atoms with Gasteiger partial charge in [0.2, 0.25) is 5.91 Å². The number of fused-ring (bicyclic) bond motifs is 3. The fourth-order valence-corrected chi connectivity index (χ4v) is 6.98. The van der Waals surface area contributed by atoms with Crippen LogP contribution in [0.2, 0.25) is 0 Å². The standard InChI is InChI=1S/C29H31N3O8/c1-32(2)23-17-10-13-9-16-15(12-4-7-19(40-3)14(8-12)11-30)5-6-18(33)21(16)24(34)20(13)26(36)29(17,39)27(37)22(25(23)35)28(31)38/h4-8,13,17,20,22-23,33,39H,9-11,30H2,1-3H3,(H2,31,38)/t13-,17-,20?,22?,23-,29+/m1/s1. The number of rotatable bonds is 5. The first kappa shape index (κ1) is 27.6. The Bertz CT molecular complexity index is 1480. The number of ether oxygens (including phenoxy) is 1. The van der Waals surface area contributed by atoms with Crippen molar-refractivity contribution in [2.24, 2.45) is 35.1 Å². The minimum absolute atomic E-state index is 0.0182. The molecule has 5 rings (SSSR count). The number of methoxy groups -OCH3 is 1. The second-order valence-electron chi connectivity index (χ2n) is 11.0. The van der Waals surface area contributed by atoms with Crippen LogP contribution >= 0.6 is 0 Å². The van der Waals surface area contributed by atoms with Crippen LogP contribution in [0, 0.1) is 23.7 Å². The molecule has 2 saturated carbocycles.